The van der Waals surface area contributed by atoms with Gasteiger partial charge in [0, 0.05) is 21.6 Å². The van der Waals surface area contributed by atoms with Crippen molar-refractivity contribution < 1.29 is 13.6 Å². The number of rotatable bonds is 5. The van der Waals surface area contributed by atoms with Crippen molar-refractivity contribution in [2.45, 2.75) is 11.8 Å². The summed E-state index contributed by atoms with van der Waals surface area (Å²) in [5.74, 6) is -0.00754. The second-order valence-electron chi connectivity index (χ2n) is 5.22. The van der Waals surface area contributed by atoms with Crippen LogP contribution in [0.15, 0.2) is 64.4 Å². The molecule has 1 N–H and O–H groups in total. The van der Waals surface area contributed by atoms with Gasteiger partial charge in [0.1, 0.15) is 0 Å². The van der Waals surface area contributed by atoms with Crippen molar-refractivity contribution in [1.82, 2.24) is 0 Å². The first-order valence-electron chi connectivity index (χ1n) is 7.43. The molecular weight excluding hydrogens is 325 g/mol. The first-order chi connectivity index (χ1) is 11.6. The summed E-state index contributed by atoms with van der Waals surface area (Å²) in [5, 5.41) is 3.45. The molecular formula is C19H16FNO2S. The van der Waals surface area contributed by atoms with Gasteiger partial charge in [0.05, 0.1) is 5.69 Å². The van der Waals surface area contributed by atoms with Crippen LogP contribution >= 0.6 is 11.8 Å². The van der Waals surface area contributed by atoms with Crippen molar-refractivity contribution in [1.29, 1.82) is 0 Å². The average molecular weight is 341 g/mol. The SMILES string of the molecule is C=CCSc1ccccc1NC(=O)c1oc2c(F)cccc2c1C. The molecule has 24 heavy (non-hydrogen) atoms. The Balaban J connectivity index is 1.92. The molecule has 1 amide bonds. The van der Waals surface area contributed by atoms with Crippen molar-refractivity contribution in [3.63, 3.8) is 0 Å². The van der Waals surface area contributed by atoms with Gasteiger partial charge in [0.15, 0.2) is 17.2 Å². The zero-order valence-corrected chi connectivity index (χ0v) is 14.0. The van der Waals surface area contributed by atoms with Crippen molar-refractivity contribution in [2.24, 2.45) is 0 Å². The maximum atomic E-state index is 13.8. The number of amides is 1. The van der Waals surface area contributed by atoms with E-state index in [9.17, 15) is 9.18 Å². The molecule has 0 saturated carbocycles. The number of hydrogen-bond acceptors (Lipinski definition) is 3. The van der Waals surface area contributed by atoms with E-state index >= 15 is 0 Å². The maximum absolute atomic E-state index is 13.8. The van der Waals surface area contributed by atoms with Crippen LogP contribution in [0.2, 0.25) is 0 Å². The Kier molecular flexibility index (Phi) is 4.71. The predicted octanol–water partition coefficient (Wildman–Crippen LogP) is 5.41. The summed E-state index contributed by atoms with van der Waals surface area (Å²) in [5.41, 5.74) is 1.42. The van der Waals surface area contributed by atoms with Crippen LogP contribution in [0.1, 0.15) is 16.1 Å². The van der Waals surface area contributed by atoms with Crippen molar-refractivity contribution in [2.75, 3.05) is 11.1 Å². The van der Waals surface area contributed by atoms with Crippen molar-refractivity contribution in [3.05, 3.63) is 72.3 Å². The second kappa shape index (κ2) is 6.93. The van der Waals surface area contributed by atoms with E-state index in [1.54, 1.807) is 36.9 Å². The van der Waals surface area contributed by atoms with E-state index in [0.29, 0.717) is 16.6 Å². The molecule has 5 heteroatoms. The Bertz CT molecular complexity index is 917. The molecule has 0 fully saturated rings. The highest BCUT2D eigenvalue weighted by molar-refractivity contribution is 7.99. The number of carbonyl (C=O) groups is 1. The smallest absolute Gasteiger partial charge is 0.291 e. The molecule has 0 spiro atoms. The predicted molar refractivity (Wildman–Crippen MR) is 96.2 cm³/mol. The number of hydrogen-bond donors (Lipinski definition) is 1. The zero-order chi connectivity index (χ0) is 17.1. The zero-order valence-electron chi connectivity index (χ0n) is 13.1. The van der Waals surface area contributed by atoms with E-state index in [0.717, 1.165) is 10.6 Å². The minimum Gasteiger partial charge on any atom is -0.448 e. The Morgan fingerprint density at radius 3 is 2.83 bits per heavy atom. The van der Waals surface area contributed by atoms with Crippen LogP contribution in [0.3, 0.4) is 0 Å². The number of para-hydroxylation sites is 2. The molecule has 3 rings (SSSR count). The van der Waals surface area contributed by atoms with Crippen LogP contribution in [0.4, 0.5) is 10.1 Å². The van der Waals surface area contributed by atoms with E-state index in [1.165, 1.54) is 6.07 Å². The molecule has 2 aromatic carbocycles. The van der Waals surface area contributed by atoms with Gasteiger partial charge in [-0.2, -0.15) is 0 Å². The summed E-state index contributed by atoms with van der Waals surface area (Å²) in [7, 11) is 0. The number of benzene rings is 2. The summed E-state index contributed by atoms with van der Waals surface area (Å²) in [6.45, 7) is 5.45. The van der Waals surface area contributed by atoms with Crippen LogP contribution < -0.4 is 5.32 Å². The summed E-state index contributed by atoms with van der Waals surface area (Å²) in [4.78, 5) is 13.5. The van der Waals surface area contributed by atoms with Crippen LogP contribution in [0.25, 0.3) is 11.0 Å². The Hall–Kier alpha value is -2.53. The molecule has 0 atom stereocenters. The first kappa shape index (κ1) is 16.3. The fourth-order valence-electron chi connectivity index (χ4n) is 2.45. The summed E-state index contributed by atoms with van der Waals surface area (Å²) in [6, 6.07) is 12.2. The molecule has 0 aliphatic heterocycles. The van der Waals surface area contributed by atoms with E-state index in [4.69, 9.17) is 4.42 Å². The number of thioether (sulfide) groups is 1. The molecule has 0 unspecified atom stereocenters. The van der Waals surface area contributed by atoms with Crippen LogP contribution in [0, 0.1) is 12.7 Å². The van der Waals surface area contributed by atoms with E-state index in [1.807, 2.05) is 24.3 Å². The van der Waals surface area contributed by atoms with Gasteiger partial charge in [-0.25, -0.2) is 4.39 Å². The lowest BCUT2D eigenvalue weighted by Crippen LogP contribution is -2.12. The number of carbonyl (C=O) groups excluding carboxylic acids is 1. The molecule has 0 radical (unpaired) electrons. The lowest BCUT2D eigenvalue weighted by atomic mass is 10.1. The molecule has 1 aromatic heterocycles. The minimum atomic E-state index is -0.475. The quantitative estimate of drug-likeness (QED) is 0.498. The van der Waals surface area contributed by atoms with E-state index in [-0.39, 0.29) is 11.3 Å². The molecule has 3 aromatic rings. The van der Waals surface area contributed by atoms with Gasteiger partial charge < -0.3 is 9.73 Å². The largest absolute Gasteiger partial charge is 0.448 e. The number of anilines is 1. The van der Waals surface area contributed by atoms with Gasteiger partial charge in [-0.05, 0) is 25.1 Å². The topological polar surface area (TPSA) is 42.2 Å². The lowest BCUT2D eigenvalue weighted by molar-refractivity contribution is 0.0997. The monoisotopic (exact) mass is 341 g/mol. The first-order valence-corrected chi connectivity index (χ1v) is 8.42. The standard InChI is InChI=1S/C19H16FNO2S/c1-3-11-24-16-10-5-4-9-15(16)21-19(22)17-12(2)13-7-6-8-14(20)18(13)23-17/h3-10H,1,11H2,2H3,(H,21,22). The Morgan fingerprint density at radius 2 is 2.08 bits per heavy atom. The third-order valence-electron chi connectivity index (χ3n) is 3.61. The third-order valence-corrected chi connectivity index (χ3v) is 4.68. The number of nitrogens with one attached hydrogen (secondary N) is 1. The molecule has 0 saturated heterocycles. The van der Waals surface area contributed by atoms with E-state index in [2.05, 4.69) is 11.9 Å². The van der Waals surface area contributed by atoms with Gasteiger partial charge in [-0.1, -0.05) is 30.3 Å². The van der Waals surface area contributed by atoms with Crippen molar-refractivity contribution in [3.8, 4) is 0 Å². The summed E-state index contributed by atoms with van der Waals surface area (Å²) in [6.07, 6.45) is 1.80. The minimum absolute atomic E-state index is 0.106. The fourth-order valence-corrected chi connectivity index (χ4v) is 3.20. The number of halogens is 1. The highest BCUT2D eigenvalue weighted by Crippen LogP contribution is 2.30. The molecule has 0 aliphatic rings. The second-order valence-corrected chi connectivity index (χ2v) is 6.28. The highest BCUT2D eigenvalue weighted by atomic mass is 32.2. The summed E-state index contributed by atoms with van der Waals surface area (Å²) >= 11 is 1.57. The van der Waals surface area contributed by atoms with Gasteiger partial charge >= 0.3 is 0 Å². The van der Waals surface area contributed by atoms with Crippen molar-refractivity contribution >= 4 is 34.3 Å². The molecule has 0 aliphatic carbocycles. The number of fused-ring (bicyclic) bond motifs is 1. The average Bonchev–Trinajstić information content (AvgIpc) is 2.93. The van der Waals surface area contributed by atoms with Gasteiger partial charge in [-0.15, -0.1) is 18.3 Å². The van der Waals surface area contributed by atoms with Gasteiger partial charge in [0.25, 0.3) is 5.91 Å². The fraction of sp³-hybridized carbons (Fsp3) is 0.105. The Morgan fingerprint density at radius 1 is 1.29 bits per heavy atom. The lowest BCUT2D eigenvalue weighted by Gasteiger charge is -2.09. The normalized spacial score (nSPS) is 10.8. The van der Waals surface area contributed by atoms with Crippen LogP contribution in [-0.2, 0) is 0 Å². The molecule has 3 nitrogen and oxygen atoms in total. The van der Waals surface area contributed by atoms with Crippen LogP contribution in [-0.4, -0.2) is 11.7 Å². The molecule has 0 bridgehead atoms. The van der Waals surface area contributed by atoms with Crippen LogP contribution in [0.5, 0.6) is 0 Å². The van der Waals surface area contributed by atoms with E-state index < -0.39 is 11.7 Å². The molecule has 122 valence electrons. The number of furan rings is 1. The number of aryl methyl sites for hydroxylation is 1. The Labute approximate surface area is 143 Å². The molecule has 1 heterocycles. The van der Waals surface area contributed by atoms with Gasteiger partial charge in [-0.3, -0.25) is 4.79 Å². The van der Waals surface area contributed by atoms with Gasteiger partial charge in [0.2, 0.25) is 0 Å². The maximum Gasteiger partial charge on any atom is 0.291 e. The third kappa shape index (κ3) is 3.08. The highest BCUT2D eigenvalue weighted by Gasteiger charge is 2.20. The summed E-state index contributed by atoms with van der Waals surface area (Å²) < 4.78 is 19.3.